The molecule has 0 unspecified atom stereocenters. The molecule has 0 bridgehead atoms. The summed E-state index contributed by atoms with van der Waals surface area (Å²) in [5, 5.41) is 16.7. The van der Waals surface area contributed by atoms with Gasteiger partial charge in [-0.2, -0.15) is 5.10 Å². The minimum atomic E-state index is -0.246. The number of ether oxygens (including phenoxy) is 1. The van der Waals surface area contributed by atoms with Gasteiger partial charge in [0.2, 0.25) is 5.91 Å². The Balaban J connectivity index is 1.55. The minimum Gasteiger partial charge on any atom is -0.497 e. The first-order valence-corrected chi connectivity index (χ1v) is 11.4. The molecule has 0 spiro atoms. The summed E-state index contributed by atoms with van der Waals surface area (Å²) in [4.78, 5) is 12.6. The van der Waals surface area contributed by atoms with E-state index in [1.165, 1.54) is 6.42 Å². The summed E-state index contributed by atoms with van der Waals surface area (Å²) in [5.74, 6) is 0.523. The number of aromatic nitrogens is 2. The molecule has 4 rings (SSSR count). The van der Waals surface area contributed by atoms with Crippen LogP contribution in [0, 0.1) is 0 Å². The Hall–Kier alpha value is -2.83. The third kappa shape index (κ3) is 5.14. The zero-order valence-corrected chi connectivity index (χ0v) is 19.0. The van der Waals surface area contributed by atoms with Gasteiger partial charge in [-0.1, -0.05) is 43.0 Å². The summed E-state index contributed by atoms with van der Waals surface area (Å²) < 4.78 is 7.13. The number of hydrogen-bond donors (Lipinski definition) is 1. The molecule has 1 N–H and O–H groups in total. The number of nitrogens with zero attached hydrogens (tertiary/aromatic N) is 3. The number of rotatable bonds is 7. The van der Waals surface area contributed by atoms with Crippen molar-refractivity contribution in [1.82, 2.24) is 14.8 Å². The molecule has 1 saturated carbocycles. The number of carbonyl (C=O) groups excluding carboxylic acids is 1. The third-order valence-corrected chi connectivity index (χ3v) is 6.24. The summed E-state index contributed by atoms with van der Waals surface area (Å²) in [7, 11) is 1.63. The van der Waals surface area contributed by atoms with Gasteiger partial charge in [-0.3, -0.25) is 10.0 Å². The summed E-state index contributed by atoms with van der Waals surface area (Å²) in [6.07, 6.45) is 5.70. The largest absolute Gasteiger partial charge is 0.497 e. The van der Waals surface area contributed by atoms with Crippen LogP contribution in [0.3, 0.4) is 0 Å². The van der Waals surface area contributed by atoms with E-state index in [2.05, 4.69) is 0 Å². The molecule has 3 aromatic rings. The van der Waals surface area contributed by atoms with E-state index in [4.69, 9.17) is 21.4 Å². The smallest absolute Gasteiger partial charge is 0.246 e. The van der Waals surface area contributed by atoms with Gasteiger partial charge in [-0.05, 0) is 55.3 Å². The van der Waals surface area contributed by atoms with Crippen LogP contribution < -0.4 is 4.74 Å². The molecule has 1 aliphatic carbocycles. The van der Waals surface area contributed by atoms with E-state index in [1.54, 1.807) is 7.11 Å². The molecule has 1 amide bonds. The van der Waals surface area contributed by atoms with Gasteiger partial charge < -0.3 is 4.74 Å². The van der Waals surface area contributed by atoms with Gasteiger partial charge in [0, 0.05) is 23.4 Å². The molecule has 0 radical (unpaired) electrons. The minimum absolute atomic E-state index is 0.0577. The van der Waals surface area contributed by atoms with Crippen LogP contribution in [-0.4, -0.2) is 39.1 Å². The molecule has 1 heterocycles. The van der Waals surface area contributed by atoms with Gasteiger partial charge in [-0.15, -0.1) is 0 Å². The number of hydroxylamine groups is 2. The first-order valence-electron chi connectivity index (χ1n) is 11.1. The average Bonchev–Trinajstić information content (AvgIpc) is 3.27. The zero-order valence-electron chi connectivity index (χ0n) is 18.2. The Morgan fingerprint density at radius 1 is 1.12 bits per heavy atom. The predicted octanol–water partition coefficient (Wildman–Crippen LogP) is 5.68. The maximum atomic E-state index is 12.6. The Kier molecular flexibility index (Phi) is 7.12. The van der Waals surface area contributed by atoms with Gasteiger partial charge in [0.15, 0.2) is 0 Å². The molecule has 168 valence electrons. The number of amides is 1. The van der Waals surface area contributed by atoms with Crippen molar-refractivity contribution in [1.29, 1.82) is 0 Å². The number of hydrogen-bond acceptors (Lipinski definition) is 4. The van der Waals surface area contributed by atoms with Crippen molar-refractivity contribution in [3.8, 4) is 22.7 Å². The highest BCUT2D eigenvalue weighted by molar-refractivity contribution is 6.30. The quantitative estimate of drug-likeness (QED) is 0.369. The number of carbonyl (C=O) groups is 1. The van der Waals surface area contributed by atoms with E-state index in [1.807, 2.05) is 59.3 Å². The van der Waals surface area contributed by atoms with Gasteiger partial charge >= 0.3 is 0 Å². The van der Waals surface area contributed by atoms with E-state index in [9.17, 15) is 10.0 Å². The fourth-order valence-electron chi connectivity index (χ4n) is 4.18. The van der Waals surface area contributed by atoms with E-state index < -0.39 is 0 Å². The fraction of sp³-hybridized carbons (Fsp3) is 0.360. The molecule has 2 aromatic carbocycles. The Morgan fingerprint density at radius 2 is 1.81 bits per heavy atom. The van der Waals surface area contributed by atoms with Crippen molar-refractivity contribution in [2.24, 2.45) is 0 Å². The normalized spacial score (nSPS) is 14.3. The molecule has 0 saturated heterocycles. The fourth-order valence-corrected chi connectivity index (χ4v) is 4.30. The SMILES string of the molecule is COc1ccc(-n2nc(CCC(=O)N(O)C3CCCCC3)cc2-c2ccc(Cl)cc2)cc1. The first-order chi connectivity index (χ1) is 15.5. The van der Waals surface area contributed by atoms with Crippen LogP contribution >= 0.6 is 11.6 Å². The van der Waals surface area contributed by atoms with Crippen molar-refractivity contribution in [2.45, 2.75) is 51.0 Å². The maximum absolute atomic E-state index is 12.6. The molecule has 32 heavy (non-hydrogen) atoms. The summed E-state index contributed by atoms with van der Waals surface area (Å²) in [5.41, 5.74) is 3.55. The molecule has 1 aliphatic rings. The summed E-state index contributed by atoms with van der Waals surface area (Å²) >= 11 is 6.07. The molecule has 7 heteroatoms. The van der Waals surface area contributed by atoms with Crippen LogP contribution in [0.25, 0.3) is 16.9 Å². The first kappa shape index (κ1) is 22.4. The van der Waals surface area contributed by atoms with Crippen LogP contribution in [-0.2, 0) is 11.2 Å². The van der Waals surface area contributed by atoms with Crippen LogP contribution in [0.15, 0.2) is 54.6 Å². The van der Waals surface area contributed by atoms with E-state index in [-0.39, 0.29) is 18.4 Å². The van der Waals surface area contributed by atoms with Crippen LogP contribution in [0.5, 0.6) is 5.75 Å². The lowest BCUT2D eigenvalue weighted by molar-refractivity contribution is -0.178. The second-order valence-corrected chi connectivity index (χ2v) is 8.60. The van der Waals surface area contributed by atoms with Crippen molar-refractivity contribution >= 4 is 17.5 Å². The lowest BCUT2D eigenvalue weighted by atomic mass is 9.95. The summed E-state index contributed by atoms with van der Waals surface area (Å²) in [6.45, 7) is 0. The van der Waals surface area contributed by atoms with Crippen molar-refractivity contribution in [2.75, 3.05) is 7.11 Å². The zero-order chi connectivity index (χ0) is 22.5. The third-order valence-electron chi connectivity index (χ3n) is 5.99. The highest BCUT2D eigenvalue weighted by Gasteiger charge is 2.24. The van der Waals surface area contributed by atoms with Crippen molar-refractivity contribution in [3.05, 3.63) is 65.3 Å². The maximum Gasteiger partial charge on any atom is 0.246 e. The Labute approximate surface area is 193 Å². The van der Waals surface area contributed by atoms with Gasteiger partial charge in [0.1, 0.15) is 5.75 Å². The molecule has 0 atom stereocenters. The molecule has 6 nitrogen and oxygen atoms in total. The second-order valence-electron chi connectivity index (χ2n) is 8.17. The second kappa shape index (κ2) is 10.2. The van der Waals surface area contributed by atoms with Crippen LogP contribution in [0.4, 0.5) is 0 Å². The number of benzene rings is 2. The molecular formula is C25H28ClN3O3. The molecule has 1 aromatic heterocycles. The van der Waals surface area contributed by atoms with E-state index in [0.717, 1.165) is 59.1 Å². The Bertz CT molecular complexity index is 1040. The summed E-state index contributed by atoms with van der Waals surface area (Å²) in [6, 6.07) is 17.2. The topological polar surface area (TPSA) is 67.6 Å². The predicted molar refractivity (Wildman–Crippen MR) is 124 cm³/mol. The van der Waals surface area contributed by atoms with Gasteiger partial charge in [0.05, 0.1) is 30.2 Å². The van der Waals surface area contributed by atoms with E-state index in [0.29, 0.717) is 11.4 Å². The Morgan fingerprint density at radius 3 is 2.47 bits per heavy atom. The number of aryl methyl sites for hydroxylation is 1. The standard InChI is InChI=1S/C25H28ClN3O3/c1-32-23-14-12-21(13-15-23)28-24(18-7-9-19(26)10-8-18)17-20(27-28)11-16-25(30)29(31)22-5-3-2-4-6-22/h7-10,12-15,17,22,31H,2-6,11,16H2,1H3. The monoisotopic (exact) mass is 453 g/mol. The highest BCUT2D eigenvalue weighted by Crippen LogP contribution is 2.27. The molecule has 0 aliphatic heterocycles. The average molecular weight is 454 g/mol. The molecule has 1 fully saturated rings. The number of methoxy groups -OCH3 is 1. The highest BCUT2D eigenvalue weighted by atomic mass is 35.5. The van der Waals surface area contributed by atoms with Crippen molar-refractivity contribution in [3.63, 3.8) is 0 Å². The van der Waals surface area contributed by atoms with Gasteiger partial charge in [-0.25, -0.2) is 9.75 Å². The van der Waals surface area contributed by atoms with Crippen LogP contribution in [0.2, 0.25) is 5.02 Å². The lowest BCUT2D eigenvalue weighted by Gasteiger charge is -2.29. The number of halogens is 1. The van der Waals surface area contributed by atoms with Crippen molar-refractivity contribution < 1.29 is 14.7 Å². The van der Waals surface area contributed by atoms with Crippen LogP contribution in [0.1, 0.15) is 44.2 Å². The van der Waals surface area contributed by atoms with E-state index >= 15 is 0 Å². The molecular weight excluding hydrogens is 426 g/mol. The van der Waals surface area contributed by atoms with Gasteiger partial charge in [0.25, 0.3) is 0 Å². The lowest BCUT2D eigenvalue weighted by Crippen LogP contribution is -2.38.